The van der Waals surface area contributed by atoms with E-state index in [0.29, 0.717) is 11.8 Å². The van der Waals surface area contributed by atoms with Gasteiger partial charge in [0.25, 0.3) is 0 Å². The minimum Gasteiger partial charge on any atom is -0.497 e. The number of aromatic nitrogens is 2. The highest BCUT2D eigenvalue weighted by molar-refractivity contribution is 5.56. The van der Waals surface area contributed by atoms with Gasteiger partial charge in [-0.3, -0.25) is 0 Å². The SMILES string of the molecule is COc1ccc(-c2noc(NCCCN3CCCC3)n2)cc1. The first-order valence-electron chi connectivity index (χ1n) is 7.79. The van der Waals surface area contributed by atoms with Gasteiger partial charge in [-0.2, -0.15) is 4.98 Å². The van der Waals surface area contributed by atoms with Crippen molar-refractivity contribution in [1.82, 2.24) is 15.0 Å². The standard InChI is InChI=1S/C16H22N4O2/c1-21-14-7-5-13(6-8-14)15-18-16(22-19-15)17-9-4-12-20-10-2-3-11-20/h5-8H,2-4,9-12H2,1H3,(H,17,18,19). The number of hydrogen-bond acceptors (Lipinski definition) is 6. The van der Waals surface area contributed by atoms with E-state index in [1.807, 2.05) is 24.3 Å². The first kappa shape index (κ1) is 14.8. The molecule has 0 radical (unpaired) electrons. The molecule has 0 bridgehead atoms. The Bertz CT molecular complexity index is 576. The Morgan fingerprint density at radius 2 is 2.00 bits per heavy atom. The monoisotopic (exact) mass is 302 g/mol. The van der Waals surface area contributed by atoms with Crippen molar-refractivity contribution in [2.24, 2.45) is 0 Å². The number of likely N-dealkylation sites (tertiary alicyclic amines) is 1. The van der Waals surface area contributed by atoms with Crippen molar-refractivity contribution in [2.75, 3.05) is 38.6 Å². The molecule has 2 heterocycles. The number of nitrogens with zero attached hydrogens (tertiary/aromatic N) is 3. The van der Waals surface area contributed by atoms with Gasteiger partial charge in [-0.05, 0) is 63.2 Å². The van der Waals surface area contributed by atoms with Crippen molar-refractivity contribution in [1.29, 1.82) is 0 Å². The number of methoxy groups -OCH3 is 1. The fourth-order valence-corrected chi connectivity index (χ4v) is 2.66. The highest BCUT2D eigenvalue weighted by Gasteiger charge is 2.11. The lowest BCUT2D eigenvalue weighted by atomic mass is 10.2. The smallest absolute Gasteiger partial charge is 0.321 e. The molecule has 1 N–H and O–H groups in total. The van der Waals surface area contributed by atoms with Gasteiger partial charge in [0, 0.05) is 12.1 Å². The molecule has 1 aromatic carbocycles. The number of ether oxygens (including phenoxy) is 1. The average molecular weight is 302 g/mol. The zero-order valence-electron chi connectivity index (χ0n) is 12.9. The van der Waals surface area contributed by atoms with Crippen molar-refractivity contribution in [3.8, 4) is 17.1 Å². The van der Waals surface area contributed by atoms with E-state index < -0.39 is 0 Å². The Hall–Kier alpha value is -2.08. The summed E-state index contributed by atoms with van der Waals surface area (Å²) in [4.78, 5) is 6.86. The fraction of sp³-hybridized carbons (Fsp3) is 0.500. The molecule has 1 aromatic heterocycles. The van der Waals surface area contributed by atoms with Crippen LogP contribution in [0, 0.1) is 0 Å². The number of anilines is 1. The number of benzene rings is 1. The maximum absolute atomic E-state index is 5.23. The molecule has 6 nitrogen and oxygen atoms in total. The molecule has 0 unspecified atom stereocenters. The van der Waals surface area contributed by atoms with E-state index in [2.05, 4.69) is 20.4 Å². The Kier molecular flexibility index (Phi) is 4.90. The van der Waals surface area contributed by atoms with Crippen LogP contribution in [0.5, 0.6) is 5.75 Å². The molecule has 0 aliphatic carbocycles. The summed E-state index contributed by atoms with van der Waals surface area (Å²) >= 11 is 0. The van der Waals surface area contributed by atoms with Gasteiger partial charge in [-0.15, -0.1) is 0 Å². The van der Waals surface area contributed by atoms with Crippen LogP contribution >= 0.6 is 0 Å². The van der Waals surface area contributed by atoms with E-state index in [-0.39, 0.29) is 0 Å². The van der Waals surface area contributed by atoms with Crippen LogP contribution in [0.3, 0.4) is 0 Å². The molecular weight excluding hydrogens is 280 g/mol. The lowest BCUT2D eigenvalue weighted by Gasteiger charge is -2.13. The summed E-state index contributed by atoms with van der Waals surface area (Å²) in [6.45, 7) is 4.46. The molecule has 0 amide bonds. The van der Waals surface area contributed by atoms with Gasteiger partial charge in [-0.1, -0.05) is 5.16 Å². The molecule has 6 heteroatoms. The van der Waals surface area contributed by atoms with E-state index in [4.69, 9.17) is 9.26 Å². The summed E-state index contributed by atoms with van der Waals surface area (Å²) in [5.74, 6) is 1.40. The van der Waals surface area contributed by atoms with Crippen LogP contribution in [0.1, 0.15) is 19.3 Å². The summed E-state index contributed by atoms with van der Waals surface area (Å²) < 4.78 is 10.4. The first-order valence-corrected chi connectivity index (χ1v) is 7.79. The van der Waals surface area contributed by atoms with Gasteiger partial charge < -0.3 is 19.5 Å². The molecule has 1 aliphatic heterocycles. The second kappa shape index (κ2) is 7.26. The molecule has 0 atom stereocenters. The second-order valence-electron chi connectivity index (χ2n) is 5.48. The number of hydrogen-bond donors (Lipinski definition) is 1. The van der Waals surface area contributed by atoms with Crippen LogP contribution in [0.4, 0.5) is 6.01 Å². The zero-order chi connectivity index (χ0) is 15.2. The van der Waals surface area contributed by atoms with E-state index in [0.717, 1.165) is 30.8 Å². The predicted molar refractivity (Wildman–Crippen MR) is 85.1 cm³/mol. The summed E-state index contributed by atoms with van der Waals surface area (Å²) in [6.07, 6.45) is 3.75. The molecule has 1 saturated heterocycles. The molecule has 2 aromatic rings. The van der Waals surface area contributed by atoms with Crippen molar-refractivity contribution in [2.45, 2.75) is 19.3 Å². The number of nitrogens with one attached hydrogen (secondary N) is 1. The second-order valence-corrected chi connectivity index (χ2v) is 5.48. The maximum Gasteiger partial charge on any atom is 0.321 e. The van der Waals surface area contributed by atoms with Gasteiger partial charge in [0.05, 0.1) is 7.11 Å². The Morgan fingerprint density at radius 1 is 1.23 bits per heavy atom. The van der Waals surface area contributed by atoms with Gasteiger partial charge in [0.15, 0.2) is 0 Å². The molecule has 0 saturated carbocycles. The van der Waals surface area contributed by atoms with E-state index >= 15 is 0 Å². The molecule has 118 valence electrons. The fourth-order valence-electron chi connectivity index (χ4n) is 2.66. The molecule has 3 rings (SSSR count). The minimum absolute atomic E-state index is 0.479. The van der Waals surface area contributed by atoms with Gasteiger partial charge in [0.2, 0.25) is 5.82 Å². The highest BCUT2D eigenvalue weighted by atomic mass is 16.5. The van der Waals surface area contributed by atoms with Crippen molar-refractivity contribution in [3.05, 3.63) is 24.3 Å². The van der Waals surface area contributed by atoms with Crippen LogP contribution in [0.15, 0.2) is 28.8 Å². The predicted octanol–water partition coefficient (Wildman–Crippen LogP) is 2.64. The van der Waals surface area contributed by atoms with E-state index in [1.54, 1.807) is 7.11 Å². The summed E-state index contributed by atoms with van der Waals surface area (Å²) in [6, 6.07) is 8.08. The van der Waals surface area contributed by atoms with Gasteiger partial charge in [-0.25, -0.2) is 0 Å². The lowest BCUT2D eigenvalue weighted by Crippen LogP contribution is -2.22. The van der Waals surface area contributed by atoms with E-state index in [9.17, 15) is 0 Å². The lowest BCUT2D eigenvalue weighted by molar-refractivity contribution is 0.336. The summed E-state index contributed by atoms with van der Waals surface area (Å²) in [5.41, 5.74) is 0.912. The summed E-state index contributed by atoms with van der Waals surface area (Å²) in [7, 11) is 1.65. The molecule has 22 heavy (non-hydrogen) atoms. The Balaban J connectivity index is 1.47. The van der Waals surface area contributed by atoms with Crippen molar-refractivity contribution in [3.63, 3.8) is 0 Å². The third-order valence-electron chi connectivity index (χ3n) is 3.90. The third-order valence-corrected chi connectivity index (χ3v) is 3.90. The van der Waals surface area contributed by atoms with Crippen LogP contribution in [0.25, 0.3) is 11.4 Å². The molecule has 0 spiro atoms. The van der Waals surface area contributed by atoms with E-state index in [1.165, 1.54) is 25.9 Å². The average Bonchev–Trinajstić information content (AvgIpc) is 3.23. The highest BCUT2D eigenvalue weighted by Crippen LogP contribution is 2.20. The Morgan fingerprint density at radius 3 is 2.73 bits per heavy atom. The third kappa shape index (κ3) is 3.76. The quantitative estimate of drug-likeness (QED) is 0.793. The maximum atomic E-state index is 5.23. The van der Waals surface area contributed by atoms with Crippen molar-refractivity contribution >= 4 is 6.01 Å². The largest absolute Gasteiger partial charge is 0.497 e. The van der Waals surface area contributed by atoms with Crippen molar-refractivity contribution < 1.29 is 9.26 Å². The van der Waals surface area contributed by atoms with Crippen LogP contribution < -0.4 is 10.1 Å². The first-order chi connectivity index (χ1) is 10.8. The molecular formula is C16H22N4O2. The molecule has 1 aliphatic rings. The van der Waals surface area contributed by atoms with Crippen LogP contribution in [-0.2, 0) is 0 Å². The summed E-state index contributed by atoms with van der Waals surface area (Å²) in [5, 5.41) is 7.19. The minimum atomic E-state index is 0.479. The van der Waals surface area contributed by atoms with Gasteiger partial charge >= 0.3 is 6.01 Å². The van der Waals surface area contributed by atoms with Gasteiger partial charge in [0.1, 0.15) is 5.75 Å². The normalized spacial score (nSPS) is 15.1. The topological polar surface area (TPSA) is 63.4 Å². The zero-order valence-corrected chi connectivity index (χ0v) is 12.9. The molecule has 1 fully saturated rings. The Labute approximate surface area is 130 Å². The van der Waals surface area contributed by atoms with Crippen LogP contribution in [0.2, 0.25) is 0 Å². The number of rotatable bonds is 7. The van der Waals surface area contributed by atoms with Crippen LogP contribution in [-0.4, -0.2) is 48.3 Å².